The average molecular weight is 170 g/mol. The van der Waals surface area contributed by atoms with Crippen LogP contribution in [0.25, 0.3) is 0 Å². The lowest BCUT2D eigenvalue weighted by atomic mass is 9.77. The minimum absolute atomic E-state index is 0.554. The molecule has 3 atom stereocenters. The van der Waals surface area contributed by atoms with Gasteiger partial charge in [0.15, 0.2) is 0 Å². The lowest BCUT2D eigenvalue weighted by Crippen LogP contribution is -2.30. The Morgan fingerprint density at radius 2 is 1.92 bits per heavy atom. The molecule has 0 N–H and O–H groups in total. The third-order valence-electron chi connectivity index (χ3n) is 3.43. The van der Waals surface area contributed by atoms with Gasteiger partial charge in [-0.2, -0.15) is 0 Å². The summed E-state index contributed by atoms with van der Waals surface area (Å²) in [7, 11) is 1.86. The van der Waals surface area contributed by atoms with E-state index < -0.39 is 0 Å². The minimum atomic E-state index is 0.554. The number of hydrogen-bond acceptors (Lipinski definition) is 1. The van der Waals surface area contributed by atoms with Gasteiger partial charge >= 0.3 is 0 Å². The van der Waals surface area contributed by atoms with E-state index in [0.717, 1.165) is 11.8 Å². The van der Waals surface area contributed by atoms with Crippen molar-refractivity contribution in [3.05, 3.63) is 0 Å². The molecular weight excluding hydrogens is 148 g/mol. The molecule has 0 aliphatic heterocycles. The van der Waals surface area contributed by atoms with E-state index in [1.165, 1.54) is 32.1 Å². The maximum absolute atomic E-state index is 5.49. The first kappa shape index (κ1) is 10.0. The largest absolute Gasteiger partial charge is 0.381 e. The molecule has 1 nitrogen and oxygen atoms in total. The second-order valence-electron chi connectivity index (χ2n) is 4.03. The highest BCUT2D eigenvalue weighted by Gasteiger charge is 2.27. The first-order valence-corrected chi connectivity index (χ1v) is 5.34. The van der Waals surface area contributed by atoms with Gasteiger partial charge < -0.3 is 4.74 Å². The van der Waals surface area contributed by atoms with Gasteiger partial charge in [-0.15, -0.1) is 0 Å². The third-order valence-corrected chi connectivity index (χ3v) is 3.43. The molecule has 0 aromatic rings. The molecule has 0 bridgehead atoms. The van der Waals surface area contributed by atoms with Crippen LogP contribution in [0.5, 0.6) is 0 Å². The smallest absolute Gasteiger partial charge is 0.0599 e. The fourth-order valence-corrected chi connectivity index (χ4v) is 2.44. The van der Waals surface area contributed by atoms with E-state index in [0.29, 0.717) is 6.10 Å². The Kier molecular flexibility index (Phi) is 4.07. The van der Waals surface area contributed by atoms with Crippen molar-refractivity contribution in [1.82, 2.24) is 0 Å². The van der Waals surface area contributed by atoms with Crippen LogP contribution in [0.2, 0.25) is 0 Å². The Balaban J connectivity index is 2.41. The number of rotatable bonds is 3. The van der Waals surface area contributed by atoms with Crippen molar-refractivity contribution in [2.45, 2.75) is 52.1 Å². The molecule has 1 rings (SSSR count). The Morgan fingerprint density at radius 1 is 1.17 bits per heavy atom. The zero-order valence-electron chi connectivity index (χ0n) is 8.68. The van der Waals surface area contributed by atoms with Crippen molar-refractivity contribution in [2.24, 2.45) is 11.8 Å². The Labute approximate surface area is 76.5 Å². The highest BCUT2D eigenvalue weighted by Crippen LogP contribution is 2.34. The van der Waals surface area contributed by atoms with E-state index in [1.54, 1.807) is 0 Å². The summed E-state index contributed by atoms with van der Waals surface area (Å²) in [6, 6.07) is 0. The maximum Gasteiger partial charge on any atom is 0.0599 e. The average Bonchev–Trinajstić information content (AvgIpc) is 2.16. The van der Waals surface area contributed by atoms with E-state index in [1.807, 2.05) is 7.11 Å². The molecule has 0 spiro atoms. The van der Waals surface area contributed by atoms with Crippen molar-refractivity contribution in [3.63, 3.8) is 0 Å². The quantitative estimate of drug-likeness (QED) is 0.632. The molecule has 1 saturated carbocycles. The number of hydrogen-bond donors (Lipinski definition) is 0. The summed E-state index contributed by atoms with van der Waals surface area (Å²) in [5, 5.41) is 0. The molecule has 1 aliphatic rings. The fraction of sp³-hybridized carbons (Fsp3) is 1.00. The minimum Gasteiger partial charge on any atom is -0.381 e. The molecule has 2 unspecified atom stereocenters. The van der Waals surface area contributed by atoms with Crippen LogP contribution in [-0.4, -0.2) is 13.2 Å². The van der Waals surface area contributed by atoms with E-state index in [4.69, 9.17) is 4.74 Å². The molecule has 1 aliphatic carbocycles. The Morgan fingerprint density at radius 3 is 2.42 bits per heavy atom. The van der Waals surface area contributed by atoms with Crippen LogP contribution in [-0.2, 0) is 4.74 Å². The topological polar surface area (TPSA) is 9.23 Å². The fourth-order valence-electron chi connectivity index (χ4n) is 2.44. The molecule has 0 aromatic carbocycles. The van der Waals surface area contributed by atoms with Crippen LogP contribution < -0.4 is 0 Å². The van der Waals surface area contributed by atoms with Gasteiger partial charge in [-0.05, 0) is 31.1 Å². The summed E-state index contributed by atoms with van der Waals surface area (Å²) >= 11 is 0. The highest BCUT2D eigenvalue weighted by atomic mass is 16.5. The van der Waals surface area contributed by atoms with Crippen LogP contribution in [0.15, 0.2) is 0 Å². The molecule has 12 heavy (non-hydrogen) atoms. The van der Waals surface area contributed by atoms with Crippen LogP contribution in [0.1, 0.15) is 46.0 Å². The van der Waals surface area contributed by atoms with Crippen molar-refractivity contribution in [2.75, 3.05) is 7.11 Å². The monoisotopic (exact) mass is 170 g/mol. The van der Waals surface area contributed by atoms with Crippen molar-refractivity contribution in [1.29, 1.82) is 0 Å². The lowest BCUT2D eigenvalue weighted by Gasteiger charge is -2.34. The Hall–Kier alpha value is -0.0400. The molecule has 1 fully saturated rings. The predicted octanol–water partition coefficient (Wildman–Crippen LogP) is 3.24. The summed E-state index contributed by atoms with van der Waals surface area (Å²) in [6.07, 6.45) is 7.25. The van der Waals surface area contributed by atoms with E-state index >= 15 is 0 Å². The summed E-state index contributed by atoms with van der Waals surface area (Å²) < 4.78 is 5.49. The second kappa shape index (κ2) is 4.86. The van der Waals surface area contributed by atoms with Gasteiger partial charge in [-0.1, -0.05) is 26.7 Å². The molecular formula is C11H22O. The zero-order valence-corrected chi connectivity index (χ0v) is 8.68. The number of methoxy groups -OCH3 is 1. The Bertz CT molecular complexity index is 122. The van der Waals surface area contributed by atoms with Gasteiger partial charge in [0.05, 0.1) is 6.10 Å². The van der Waals surface area contributed by atoms with E-state index in [2.05, 4.69) is 13.8 Å². The summed E-state index contributed by atoms with van der Waals surface area (Å²) in [5.74, 6) is 1.80. The standard InChI is InChI=1S/C11H22O/c1-4-9-6-7-11(12-3)10(5-2)8-9/h9-11H,4-8H2,1-3H3/t9?,10?,11-/m0/s1. The maximum atomic E-state index is 5.49. The molecule has 0 saturated heterocycles. The first-order valence-electron chi connectivity index (χ1n) is 5.34. The predicted molar refractivity (Wildman–Crippen MR) is 52.2 cm³/mol. The van der Waals surface area contributed by atoms with E-state index in [9.17, 15) is 0 Å². The lowest BCUT2D eigenvalue weighted by molar-refractivity contribution is 0.00612. The summed E-state index contributed by atoms with van der Waals surface area (Å²) in [4.78, 5) is 0. The first-order chi connectivity index (χ1) is 5.81. The van der Waals surface area contributed by atoms with Crippen LogP contribution in [0.3, 0.4) is 0 Å². The molecule has 0 amide bonds. The summed E-state index contributed by atoms with van der Waals surface area (Å²) in [6.45, 7) is 4.60. The zero-order chi connectivity index (χ0) is 8.97. The van der Waals surface area contributed by atoms with Crippen LogP contribution >= 0.6 is 0 Å². The van der Waals surface area contributed by atoms with Crippen LogP contribution in [0, 0.1) is 11.8 Å². The normalized spacial score (nSPS) is 36.8. The van der Waals surface area contributed by atoms with Gasteiger partial charge in [0.2, 0.25) is 0 Å². The van der Waals surface area contributed by atoms with Crippen LogP contribution in [0.4, 0.5) is 0 Å². The van der Waals surface area contributed by atoms with Gasteiger partial charge in [-0.3, -0.25) is 0 Å². The van der Waals surface area contributed by atoms with Crippen molar-refractivity contribution >= 4 is 0 Å². The molecule has 0 aromatic heterocycles. The molecule has 0 radical (unpaired) electrons. The molecule has 72 valence electrons. The SMILES string of the molecule is CCC1CC[C@H](OC)C(CC)C1. The number of ether oxygens (including phenoxy) is 1. The summed E-state index contributed by atoms with van der Waals surface area (Å²) in [5.41, 5.74) is 0. The second-order valence-corrected chi connectivity index (χ2v) is 4.03. The molecule has 1 heteroatoms. The van der Waals surface area contributed by atoms with Gasteiger partial charge in [0, 0.05) is 7.11 Å². The van der Waals surface area contributed by atoms with Gasteiger partial charge in [-0.25, -0.2) is 0 Å². The molecule has 0 heterocycles. The van der Waals surface area contributed by atoms with Crippen molar-refractivity contribution in [3.8, 4) is 0 Å². The van der Waals surface area contributed by atoms with Crippen molar-refractivity contribution < 1.29 is 4.74 Å². The van der Waals surface area contributed by atoms with Gasteiger partial charge in [0.25, 0.3) is 0 Å². The third kappa shape index (κ3) is 2.22. The van der Waals surface area contributed by atoms with E-state index in [-0.39, 0.29) is 0 Å². The van der Waals surface area contributed by atoms with Gasteiger partial charge in [0.1, 0.15) is 0 Å². The highest BCUT2D eigenvalue weighted by molar-refractivity contribution is 4.79.